The third kappa shape index (κ3) is 4.10. The van der Waals surface area contributed by atoms with Crippen LogP contribution in [-0.2, 0) is 5.75 Å². The Morgan fingerprint density at radius 2 is 1.83 bits per heavy atom. The van der Waals surface area contributed by atoms with Crippen LogP contribution in [0.4, 0.5) is 0 Å². The second-order valence-electron chi connectivity index (χ2n) is 6.05. The molecule has 0 radical (unpaired) electrons. The summed E-state index contributed by atoms with van der Waals surface area (Å²) in [6.45, 7) is 0. The fourth-order valence-corrected chi connectivity index (χ4v) is 4.58. The summed E-state index contributed by atoms with van der Waals surface area (Å²) in [4.78, 5) is 4.76. The van der Waals surface area contributed by atoms with Crippen LogP contribution in [0.2, 0.25) is 0 Å². The molecule has 30 heavy (non-hydrogen) atoms. The van der Waals surface area contributed by atoms with Crippen molar-refractivity contribution in [3.8, 4) is 33.5 Å². The minimum Gasteiger partial charge on any atom is -0.497 e. The summed E-state index contributed by atoms with van der Waals surface area (Å²) < 4.78 is 17.8. The normalized spacial score (nSPS) is 10.8. The topological polar surface area (TPSA) is 84.2 Å². The second-order valence-corrected chi connectivity index (χ2v) is 7.85. The van der Waals surface area contributed by atoms with E-state index in [1.807, 2.05) is 47.8 Å². The molecule has 0 aliphatic rings. The number of ether oxygens (including phenoxy) is 3. The first kappa shape index (κ1) is 20.2. The maximum absolute atomic E-state index is 5.53. The van der Waals surface area contributed by atoms with E-state index < -0.39 is 0 Å². The van der Waals surface area contributed by atoms with Crippen LogP contribution in [0.3, 0.4) is 0 Å². The van der Waals surface area contributed by atoms with Crippen LogP contribution in [0, 0.1) is 0 Å². The van der Waals surface area contributed by atoms with Gasteiger partial charge in [0.05, 0.1) is 38.3 Å². The van der Waals surface area contributed by atoms with Gasteiger partial charge < -0.3 is 14.2 Å². The SMILES string of the molecule is COc1ccc(-n2nnnc2SCc2csc(-c3cccc(OC)c3OC)n2)cc1. The minimum atomic E-state index is 0.638. The molecule has 154 valence electrons. The first-order valence-electron chi connectivity index (χ1n) is 8.95. The highest BCUT2D eigenvalue weighted by atomic mass is 32.2. The third-order valence-corrected chi connectivity index (χ3v) is 6.17. The van der Waals surface area contributed by atoms with Gasteiger partial charge in [0.15, 0.2) is 11.5 Å². The van der Waals surface area contributed by atoms with E-state index in [0.29, 0.717) is 22.4 Å². The molecule has 0 atom stereocenters. The van der Waals surface area contributed by atoms with Gasteiger partial charge in [-0.2, -0.15) is 4.68 Å². The molecule has 0 N–H and O–H groups in total. The molecule has 0 bridgehead atoms. The number of hydrogen-bond acceptors (Lipinski definition) is 9. The summed E-state index contributed by atoms with van der Waals surface area (Å²) in [5.74, 6) is 2.78. The van der Waals surface area contributed by atoms with Crippen LogP contribution in [0.15, 0.2) is 53.0 Å². The zero-order valence-corrected chi connectivity index (χ0v) is 18.2. The number of rotatable bonds is 8. The maximum Gasteiger partial charge on any atom is 0.214 e. The van der Waals surface area contributed by atoms with E-state index in [-0.39, 0.29) is 0 Å². The summed E-state index contributed by atoms with van der Waals surface area (Å²) >= 11 is 3.08. The number of para-hydroxylation sites is 1. The average molecular weight is 442 g/mol. The molecule has 0 amide bonds. The van der Waals surface area contributed by atoms with Gasteiger partial charge >= 0.3 is 0 Å². The van der Waals surface area contributed by atoms with E-state index in [4.69, 9.17) is 19.2 Å². The molecule has 2 aromatic carbocycles. The fraction of sp³-hybridized carbons (Fsp3) is 0.200. The molecule has 2 heterocycles. The highest BCUT2D eigenvalue weighted by Gasteiger charge is 2.16. The van der Waals surface area contributed by atoms with Gasteiger partial charge in [-0.1, -0.05) is 17.8 Å². The van der Waals surface area contributed by atoms with Gasteiger partial charge in [0.2, 0.25) is 5.16 Å². The molecule has 4 aromatic rings. The van der Waals surface area contributed by atoms with Gasteiger partial charge in [0.25, 0.3) is 0 Å². The lowest BCUT2D eigenvalue weighted by Gasteiger charge is -2.10. The van der Waals surface area contributed by atoms with E-state index in [1.165, 1.54) is 11.8 Å². The van der Waals surface area contributed by atoms with Crippen LogP contribution >= 0.6 is 23.1 Å². The number of benzene rings is 2. The number of nitrogens with zero attached hydrogens (tertiary/aromatic N) is 5. The van der Waals surface area contributed by atoms with Crippen molar-refractivity contribution in [2.45, 2.75) is 10.9 Å². The van der Waals surface area contributed by atoms with Gasteiger partial charge in [0, 0.05) is 11.1 Å². The number of aromatic nitrogens is 5. The van der Waals surface area contributed by atoms with Crippen molar-refractivity contribution in [2.24, 2.45) is 0 Å². The zero-order valence-electron chi connectivity index (χ0n) is 16.6. The van der Waals surface area contributed by atoms with Crippen molar-refractivity contribution in [1.29, 1.82) is 0 Å². The van der Waals surface area contributed by atoms with E-state index >= 15 is 0 Å². The van der Waals surface area contributed by atoms with Crippen molar-refractivity contribution < 1.29 is 14.2 Å². The predicted octanol–water partition coefficient (Wildman–Crippen LogP) is 4.10. The zero-order chi connectivity index (χ0) is 20.9. The van der Waals surface area contributed by atoms with E-state index in [9.17, 15) is 0 Å². The van der Waals surface area contributed by atoms with Gasteiger partial charge in [-0.25, -0.2) is 4.98 Å². The van der Waals surface area contributed by atoms with Crippen LogP contribution in [0.1, 0.15) is 5.69 Å². The van der Waals surface area contributed by atoms with E-state index in [1.54, 1.807) is 37.3 Å². The molecule has 10 heteroatoms. The Morgan fingerprint density at radius 3 is 2.57 bits per heavy atom. The highest BCUT2D eigenvalue weighted by Crippen LogP contribution is 2.39. The highest BCUT2D eigenvalue weighted by molar-refractivity contribution is 7.98. The fourth-order valence-electron chi connectivity index (χ4n) is 2.85. The smallest absolute Gasteiger partial charge is 0.214 e. The first-order valence-corrected chi connectivity index (χ1v) is 10.8. The van der Waals surface area contributed by atoms with Gasteiger partial charge in [-0.05, 0) is 46.8 Å². The lowest BCUT2D eigenvalue weighted by molar-refractivity contribution is 0.356. The first-order chi connectivity index (χ1) is 14.7. The van der Waals surface area contributed by atoms with Crippen LogP contribution in [0.5, 0.6) is 17.2 Å². The van der Waals surface area contributed by atoms with E-state index in [2.05, 4.69) is 15.5 Å². The minimum absolute atomic E-state index is 0.638. The van der Waals surface area contributed by atoms with Crippen molar-refractivity contribution in [2.75, 3.05) is 21.3 Å². The number of methoxy groups -OCH3 is 3. The standard InChI is InChI=1S/C20H19N5O3S2/c1-26-15-9-7-14(8-10-15)25-20(22-23-24-25)30-12-13-11-29-19(21-13)16-5-4-6-17(27-2)18(16)28-3/h4-11H,12H2,1-3H3. The Hall–Kier alpha value is -3.11. The molecule has 0 aliphatic carbocycles. The summed E-state index contributed by atoms with van der Waals surface area (Å²) in [5, 5.41) is 15.6. The molecule has 0 aliphatic heterocycles. The number of tetrazole rings is 1. The van der Waals surface area contributed by atoms with Crippen molar-refractivity contribution in [3.63, 3.8) is 0 Å². The summed E-state index contributed by atoms with van der Waals surface area (Å²) in [5.41, 5.74) is 2.71. The van der Waals surface area contributed by atoms with Crippen LogP contribution in [-0.4, -0.2) is 46.5 Å². The van der Waals surface area contributed by atoms with Gasteiger partial charge in [-0.3, -0.25) is 0 Å². The predicted molar refractivity (Wildman–Crippen MR) is 116 cm³/mol. The van der Waals surface area contributed by atoms with Gasteiger partial charge in [-0.15, -0.1) is 16.4 Å². The summed E-state index contributed by atoms with van der Waals surface area (Å²) in [6.07, 6.45) is 0. The Bertz CT molecular complexity index is 1130. The van der Waals surface area contributed by atoms with Crippen LogP contribution < -0.4 is 14.2 Å². The summed E-state index contributed by atoms with van der Waals surface area (Å²) in [6, 6.07) is 13.3. The number of thiazole rings is 1. The molecule has 8 nitrogen and oxygen atoms in total. The van der Waals surface area contributed by atoms with Crippen LogP contribution in [0.25, 0.3) is 16.3 Å². The second kappa shape index (κ2) is 9.14. The Kier molecular flexibility index (Phi) is 6.15. The summed E-state index contributed by atoms with van der Waals surface area (Å²) in [7, 11) is 4.89. The largest absolute Gasteiger partial charge is 0.497 e. The molecule has 0 spiro atoms. The molecular weight excluding hydrogens is 422 g/mol. The molecular formula is C20H19N5O3S2. The van der Waals surface area contributed by atoms with Gasteiger partial charge in [0.1, 0.15) is 10.8 Å². The Balaban J connectivity index is 1.51. The monoisotopic (exact) mass is 441 g/mol. The lowest BCUT2D eigenvalue weighted by Crippen LogP contribution is -1.99. The molecule has 0 saturated carbocycles. The van der Waals surface area contributed by atoms with Crippen molar-refractivity contribution in [1.82, 2.24) is 25.2 Å². The molecule has 0 saturated heterocycles. The number of hydrogen-bond donors (Lipinski definition) is 0. The molecule has 0 fully saturated rings. The Morgan fingerprint density at radius 1 is 1.00 bits per heavy atom. The molecule has 4 rings (SSSR count). The molecule has 2 aromatic heterocycles. The number of thioether (sulfide) groups is 1. The van der Waals surface area contributed by atoms with E-state index in [0.717, 1.165) is 27.7 Å². The van der Waals surface area contributed by atoms with Crippen molar-refractivity contribution >= 4 is 23.1 Å². The average Bonchev–Trinajstić information content (AvgIpc) is 3.46. The maximum atomic E-state index is 5.53. The van der Waals surface area contributed by atoms with Crippen molar-refractivity contribution in [3.05, 3.63) is 53.5 Å². The lowest BCUT2D eigenvalue weighted by atomic mass is 10.2. The quantitative estimate of drug-likeness (QED) is 0.378. The third-order valence-electron chi connectivity index (χ3n) is 4.29. The Labute approximate surface area is 181 Å². The molecule has 0 unspecified atom stereocenters.